The number of amides is 2. The third kappa shape index (κ3) is 4.48. The van der Waals surface area contributed by atoms with E-state index in [1.807, 2.05) is 0 Å². The van der Waals surface area contributed by atoms with Gasteiger partial charge in [0.2, 0.25) is 5.89 Å². The molecule has 112 valence electrons. The number of aliphatic hydroxyl groups is 1. The molecule has 1 saturated carbocycles. The quantitative estimate of drug-likeness (QED) is 0.745. The molecule has 1 fully saturated rings. The highest BCUT2D eigenvalue weighted by molar-refractivity contribution is 5.73. The van der Waals surface area contributed by atoms with E-state index >= 15 is 0 Å². The Morgan fingerprint density at radius 1 is 1.35 bits per heavy atom. The first-order valence-electron chi connectivity index (χ1n) is 7.11. The van der Waals surface area contributed by atoms with Crippen LogP contribution in [0.2, 0.25) is 0 Å². The summed E-state index contributed by atoms with van der Waals surface area (Å²) in [6.07, 6.45) is 5.23. The molecule has 1 aromatic rings. The summed E-state index contributed by atoms with van der Waals surface area (Å²) in [6, 6.07) is -0.278. The molecule has 0 bridgehead atoms. The summed E-state index contributed by atoms with van der Waals surface area (Å²) in [4.78, 5) is 15.7. The summed E-state index contributed by atoms with van der Waals surface area (Å²) >= 11 is 0. The van der Waals surface area contributed by atoms with Gasteiger partial charge < -0.3 is 20.3 Å². The minimum atomic E-state index is -0.737. The first-order valence-corrected chi connectivity index (χ1v) is 7.11. The molecule has 0 atom stereocenters. The van der Waals surface area contributed by atoms with Gasteiger partial charge in [-0.25, -0.2) is 4.79 Å². The van der Waals surface area contributed by atoms with E-state index in [0.29, 0.717) is 31.2 Å². The lowest BCUT2D eigenvalue weighted by Gasteiger charge is -2.32. The van der Waals surface area contributed by atoms with E-state index in [2.05, 4.69) is 20.8 Å². The van der Waals surface area contributed by atoms with Crippen LogP contribution in [0.5, 0.6) is 0 Å². The molecule has 3 N–H and O–H groups in total. The fraction of sp³-hybridized carbons (Fsp3) is 0.769. The van der Waals surface area contributed by atoms with Crippen LogP contribution in [0.3, 0.4) is 0 Å². The normalized spacial score (nSPS) is 17.7. The maximum atomic E-state index is 11.6. The Hall–Kier alpha value is -1.63. The standard InChI is InChI=1S/C13H22N4O3/c1-10-16-11(20-17-10)5-8-14-12(18)15-9-13(19)6-3-2-4-7-13/h19H,2-9H2,1H3,(H2,14,15,18). The van der Waals surface area contributed by atoms with Gasteiger partial charge in [-0.3, -0.25) is 0 Å². The van der Waals surface area contributed by atoms with Crippen molar-refractivity contribution in [1.29, 1.82) is 0 Å². The number of aryl methyl sites for hydroxylation is 1. The SMILES string of the molecule is Cc1noc(CCNC(=O)NCC2(O)CCCCC2)n1. The molecule has 1 aromatic heterocycles. The summed E-state index contributed by atoms with van der Waals surface area (Å²) in [5.41, 5.74) is -0.737. The molecular formula is C13H22N4O3. The molecular weight excluding hydrogens is 260 g/mol. The first kappa shape index (κ1) is 14.8. The Bertz CT molecular complexity index is 441. The monoisotopic (exact) mass is 282 g/mol. The Balaban J connectivity index is 1.62. The van der Waals surface area contributed by atoms with E-state index < -0.39 is 5.60 Å². The zero-order valence-electron chi connectivity index (χ0n) is 11.8. The Labute approximate surface area is 118 Å². The molecule has 7 heteroatoms. The summed E-state index contributed by atoms with van der Waals surface area (Å²) < 4.78 is 4.94. The largest absolute Gasteiger partial charge is 0.388 e. The zero-order valence-corrected chi connectivity index (χ0v) is 11.8. The molecule has 0 aromatic carbocycles. The van der Waals surface area contributed by atoms with Crippen molar-refractivity contribution in [3.05, 3.63) is 11.7 Å². The topological polar surface area (TPSA) is 100 Å². The number of urea groups is 1. The van der Waals surface area contributed by atoms with Crippen LogP contribution in [0.25, 0.3) is 0 Å². The van der Waals surface area contributed by atoms with Crippen LogP contribution in [0.4, 0.5) is 4.79 Å². The van der Waals surface area contributed by atoms with E-state index in [1.54, 1.807) is 6.92 Å². The number of carbonyl (C=O) groups is 1. The second kappa shape index (κ2) is 6.69. The maximum Gasteiger partial charge on any atom is 0.314 e. The molecule has 20 heavy (non-hydrogen) atoms. The van der Waals surface area contributed by atoms with Crippen molar-refractivity contribution in [3.63, 3.8) is 0 Å². The van der Waals surface area contributed by atoms with Gasteiger partial charge in [-0.1, -0.05) is 24.4 Å². The number of nitrogens with one attached hydrogen (secondary N) is 2. The number of hydrogen-bond donors (Lipinski definition) is 3. The van der Waals surface area contributed by atoms with Gasteiger partial charge in [0, 0.05) is 19.5 Å². The van der Waals surface area contributed by atoms with Gasteiger partial charge in [0.15, 0.2) is 5.82 Å². The predicted octanol–water partition coefficient (Wildman–Crippen LogP) is 0.915. The fourth-order valence-electron chi connectivity index (χ4n) is 2.42. The van der Waals surface area contributed by atoms with Crippen LogP contribution in [0.1, 0.15) is 43.8 Å². The van der Waals surface area contributed by atoms with Gasteiger partial charge in [0.25, 0.3) is 0 Å². The summed E-state index contributed by atoms with van der Waals surface area (Å²) in [5.74, 6) is 1.10. The third-order valence-corrected chi connectivity index (χ3v) is 3.56. The molecule has 2 rings (SSSR count). The van der Waals surface area contributed by atoms with E-state index in [1.165, 1.54) is 0 Å². The van der Waals surface area contributed by atoms with E-state index in [9.17, 15) is 9.90 Å². The van der Waals surface area contributed by atoms with E-state index in [-0.39, 0.29) is 6.03 Å². The first-order chi connectivity index (χ1) is 9.57. The molecule has 0 radical (unpaired) electrons. The fourth-order valence-corrected chi connectivity index (χ4v) is 2.42. The van der Waals surface area contributed by atoms with Crippen molar-refractivity contribution in [2.75, 3.05) is 13.1 Å². The average Bonchev–Trinajstić information content (AvgIpc) is 2.83. The highest BCUT2D eigenvalue weighted by atomic mass is 16.5. The van der Waals surface area contributed by atoms with Gasteiger partial charge in [0.1, 0.15) is 0 Å². The van der Waals surface area contributed by atoms with Gasteiger partial charge in [-0.2, -0.15) is 4.98 Å². The second-order valence-electron chi connectivity index (χ2n) is 5.38. The lowest BCUT2D eigenvalue weighted by molar-refractivity contribution is 0.00720. The van der Waals surface area contributed by atoms with Crippen LogP contribution < -0.4 is 10.6 Å². The Morgan fingerprint density at radius 3 is 2.75 bits per heavy atom. The van der Waals surface area contributed by atoms with Crippen molar-refractivity contribution in [3.8, 4) is 0 Å². The Kier molecular flexibility index (Phi) is 4.94. The smallest absolute Gasteiger partial charge is 0.314 e. The zero-order chi connectivity index (χ0) is 14.4. The molecule has 2 amide bonds. The van der Waals surface area contributed by atoms with Gasteiger partial charge in [-0.15, -0.1) is 0 Å². The molecule has 1 heterocycles. The van der Waals surface area contributed by atoms with Gasteiger partial charge >= 0.3 is 6.03 Å². The van der Waals surface area contributed by atoms with Crippen LogP contribution in [0, 0.1) is 6.92 Å². The molecule has 0 saturated heterocycles. The third-order valence-electron chi connectivity index (χ3n) is 3.56. The highest BCUT2D eigenvalue weighted by Crippen LogP contribution is 2.27. The van der Waals surface area contributed by atoms with E-state index in [0.717, 1.165) is 32.1 Å². The van der Waals surface area contributed by atoms with Gasteiger partial charge in [-0.05, 0) is 19.8 Å². The van der Waals surface area contributed by atoms with E-state index in [4.69, 9.17) is 4.52 Å². The van der Waals surface area contributed by atoms with Crippen LogP contribution in [-0.2, 0) is 6.42 Å². The summed E-state index contributed by atoms with van der Waals surface area (Å²) in [6.45, 7) is 2.47. The maximum absolute atomic E-state index is 11.6. The second-order valence-corrected chi connectivity index (χ2v) is 5.38. The number of nitrogens with zero attached hydrogens (tertiary/aromatic N) is 2. The molecule has 0 unspecified atom stereocenters. The van der Waals surface area contributed by atoms with Crippen LogP contribution >= 0.6 is 0 Å². The van der Waals surface area contributed by atoms with Gasteiger partial charge in [0.05, 0.1) is 5.60 Å². The number of rotatable bonds is 5. The number of carbonyl (C=O) groups excluding carboxylic acids is 1. The molecule has 1 aliphatic rings. The number of hydrogen-bond acceptors (Lipinski definition) is 5. The minimum absolute atomic E-state index is 0.278. The molecule has 1 aliphatic carbocycles. The van der Waals surface area contributed by atoms with Crippen molar-refractivity contribution in [2.24, 2.45) is 0 Å². The van der Waals surface area contributed by atoms with Crippen molar-refractivity contribution < 1.29 is 14.4 Å². The van der Waals surface area contributed by atoms with Crippen molar-refractivity contribution in [1.82, 2.24) is 20.8 Å². The Morgan fingerprint density at radius 2 is 2.10 bits per heavy atom. The van der Waals surface area contributed by atoms with Crippen LogP contribution in [-0.4, -0.2) is 40.0 Å². The van der Waals surface area contributed by atoms with Crippen molar-refractivity contribution >= 4 is 6.03 Å². The predicted molar refractivity (Wildman–Crippen MR) is 72.2 cm³/mol. The van der Waals surface area contributed by atoms with Crippen molar-refractivity contribution in [2.45, 2.75) is 51.0 Å². The lowest BCUT2D eigenvalue weighted by Crippen LogP contribution is -2.47. The minimum Gasteiger partial charge on any atom is -0.388 e. The molecule has 0 aliphatic heterocycles. The summed E-state index contributed by atoms with van der Waals surface area (Å²) in [5, 5.41) is 19.3. The molecule has 0 spiro atoms. The number of aromatic nitrogens is 2. The average molecular weight is 282 g/mol. The molecule has 7 nitrogen and oxygen atoms in total. The van der Waals surface area contributed by atoms with Crippen LogP contribution in [0.15, 0.2) is 4.52 Å². The highest BCUT2D eigenvalue weighted by Gasteiger charge is 2.29. The lowest BCUT2D eigenvalue weighted by atomic mass is 9.85. The summed E-state index contributed by atoms with van der Waals surface area (Å²) in [7, 11) is 0.